The van der Waals surface area contributed by atoms with E-state index >= 15 is 0 Å². The van der Waals surface area contributed by atoms with Crippen LogP contribution in [0.5, 0.6) is 0 Å². The fraction of sp³-hybridized carbons (Fsp3) is 0.118. The molecular formula is C17H14N2O4. The van der Waals surface area contributed by atoms with Crippen molar-refractivity contribution in [2.75, 3.05) is 0 Å². The molecule has 0 bridgehead atoms. The molecule has 23 heavy (non-hydrogen) atoms. The van der Waals surface area contributed by atoms with E-state index in [-0.39, 0.29) is 11.1 Å². The maximum absolute atomic E-state index is 12.2. The average molecular weight is 310 g/mol. The Kier molecular flexibility index (Phi) is 3.55. The monoisotopic (exact) mass is 310 g/mol. The lowest BCUT2D eigenvalue weighted by Gasteiger charge is -2.21. The number of benzene rings is 2. The molecule has 1 aliphatic carbocycles. The van der Waals surface area contributed by atoms with Gasteiger partial charge in [0.05, 0.1) is 0 Å². The first kappa shape index (κ1) is 15.1. The Balaban J connectivity index is 1.80. The Morgan fingerprint density at radius 1 is 1.00 bits per heavy atom. The van der Waals surface area contributed by atoms with E-state index in [2.05, 4.69) is 10.9 Å². The molecule has 116 valence electrons. The number of fused-ring (bicyclic) bond motifs is 1. The summed E-state index contributed by atoms with van der Waals surface area (Å²) in [5.74, 6) is -2.14. The maximum Gasteiger partial charge on any atom is 0.265 e. The van der Waals surface area contributed by atoms with Crippen LogP contribution >= 0.6 is 0 Å². The van der Waals surface area contributed by atoms with Crippen molar-refractivity contribution in [3.63, 3.8) is 0 Å². The van der Waals surface area contributed by atoms with Crippen molar-refractivity contribution in [3.8, 4) is 0 Å². The third-order valence-electron chi connectivity index (χ3n) is 3.71. The minimum Gasteiger partial charge on any atom is -0.361 e. The summed E-state index contributed by atoms with van der Waals surface area (Å²) in [7, 11) is 0. The highest BCUT2D eigenvalue weighted by Gasteiger charge is 2.52. The number of amides is 1. The minimum atomic E-state index is -2.48. The molecule has 3 N–H and O–H groups in total. The van der Waals surface area contributed by atoms with Crippen LogP contribution in [0.15, 0.2) is 48.5 Å². The quantitative estimate of drug-likeness (QED) is 0.446. The van der Waals surface area contributed by atoms with Gasteiger partial charge < -0.3 is 5.11 Å². The van der Waals surface area contributed by atoms with Gasteiger partial charge in [0.1, 0.15) is 0 Å². The van der Waals surface area contributed by atoms with Crippen LogP contribution < -0.4 is 10.9 Å². The lowest BCUT2D eigenvalue weighted by molar-refractivity contribution is 0.0138. The highest BCUT2D eigenvalue weighted by molar-refractivity contribution is 6.31. The second-order valence-electron chi connectivity index (χ2n) is 5.36. The van der Waals surface area contributed by atoms with Crippen LogP contribution in [0.3, 0.4) is 0 Å². The zero-order valence-electron chi connectivity index (χ0n) is 12.3. The molecule has 0 saturated heterocycles. The first-order valence-corrected chi connectivity index (χ1v) is 6.98. The van der Waals surface area contributed by atoms with Crippen LogP contribution in [0.2, 0.25) is 0 Å². The van der Waals surface area contributed by atoms with E-state index in [0.29, 0.717) is 5.56 Å². The summed E-state index contributed by atoms with van der Waals surface area (Å²) in [6, 6.07) is 12.9. The predicted molar refractivity (Wildman–Crippen MR) is 81.8 cm³/mol. The third-order valence-corrected chi connectivity index (χ3v) is 3.71. The molecule has 0 fully saturated rings. The molecule has 0 heterocycles. The number of carbonyl (C=O) groups excluding carboxylic acids is 3. The van der Waals surface area contributed by atoms with E-state index in [1.165, 1.54) is 12.1 Å². The number of hydrogen-bond donors (Lipinski definition) is 3. The van der Waals surface area contributed by atoms with Crippen molar-refractivity contribution < 1.29 is 19.5 Å². The van der Waals surface area contributed by atoms with Crippen molar-refractivity contribution in [1.82, 2.24) is 10.9 Å². The molecule has 0 aliphatic heterocycles. The number of nitrogens with one attached hydrogen (secondary N) is 2. The highest BCUT2D eigenvalue weighted by atomic mass is 16.3. The first-order valence-electron chi connectivity index (χ1n) is 6.98. The van der Waals surface area contributed by atoms with Gasteiger partial charge in [0.25, 0.3) is 11.6 Å². The lowest BCUT2D eigenvalue weighted by atomic mass is 10.1. The molecule has 0 saturated carbocycles. The van der Waals surface area contributed by atoms with Crippen molar-refractivity contribution >= 4 is 17.5 Å². The van der Waals surface area contributed by atoms with Gasteiger partial charge in [-0.2, -0.15) is 5.43 Å². The summed E-state index contributed by atoms with van der Waals surface area (Å²) < 4.78 is 0. The van der Waals surface area contributed by atoms with Crippen molar-refractivity contribution in [3.05, 3.63) is 70.8 Å². The van der Waals surface area contributed by atoms with Gasteiger partial charge in [-0.3, -0.25) is 19.8 Å². The average Bonchev–Trinajstić information content (AvgIpc) is 2.75. The Morgan fingerprint density at radius 3 is 2.17 bits per heavy atom. The summed E-state index contributed by atoms with van der Waals surface area (Å²) in [5, 5.41) is 10.4. The molecule has 6 nitrogen and oxygen atoms in total. The summed E-state index contributed by atoms with van der Waals surface area (Å²) in [6.07, 6.45) is 0. The fourth-order valence-corrected chi connectivity index (χ4v) is 2.49. The number of ketones is 2. The molecule has 3 rings (SSSR count). The number of carbonyl (C=O) groups is 3. The Morgan fingerprint density at radius 2 is 1.61 bits per heavy atom. The predicted octanol–water partition coefficient (Wildman–Crippen LogP) is 0.997. The van der Waals surface area contributed by atoms with Gasteiger partial charge in [-0.15, -0.1) is 0 Å². The zero-order chi connectivity index (χ0) is 16.6. The molecule has 1 amide bonds. The van der Waals surface area contributed by atoms with Gasteiger partial charge in [-0.05, 0) is 19.1 Å². The Labute approximate surface area is 132 Å². The van der Waals surface area contributed by atoms with E-state index in [9.17, 15) is 19.5 Å². The van der Waals surface area contributed by atoms with Crippen LogP contribution in [-0.4, -0.2) is 28.3 Å². The molecule has 0 unspecified atom stereocenters. The topological polar surface area (TPSA) is 95.5 Å². The Hall–Kier alpha value is -2.83. The molecule has 0 atom stereocenters. The zero-order valence-corrected chi connectivity index (χ0v) is 12.3. The fourth-order valence-electron chi connectivity index (χ4n) is 2.49. The van der Waals surface area contributed by atoms with Crippen LogP contribution in [0.4, 0.5) is 0 Å². The van der Waals surface area contributed by atoms with Gasteiger partial charge in [-0.1, -0.05) is 42.0 Å². The molecule has 1 aliphatic rings. The number of aliphatic hydroxyl groups is 1. The van der Waals surface area contributed by atoms with Crippen LogP contribution in [0.1, 0.15) is 36.6 Å². The second kappa shape index (κ2) is 5.42. The van der Waals surface area contributed by atoms with E-state index in [1.807, 2.05) is 13.0 Å². The summed E-state index contributed by atoms with van der Waals surface area (Å²) in [5.41, 5.74) is 3.39. The normalized spacial score (nSPS) is 15.4. The second-order valence-corrected chi connectivity index (χ2v) is 5.36. The van der Waals surface area contributed by atoms with Crippen molar-refractivity contribution in [2.45, 2.75) is 12.6 Å². The number of hydrogen-bond acceptors (Lipinski definition) is 5. The lowest BCUT2D eigenvalue weighted by Crippen LogP contribution is -2.61. The van der Waals surface area contributed by atoms with Gasteiger partial charge in [0, 0.05) is 16.7 Å². The number of rotatable bonds is 3. The number of aryl methyl sites for hydroxylation is 1. The SMILES string of the molecule is Cc1cccc(C(=O)NNC2(O)C(=O)c3ccccc3C2=O)c1. The van der Waals surface area contributed by atoms with E-state index in [1.54, 1.807) is 30.3 Å². The molecular weight excluding hydrogens is 296 g/mol. The minimum absolute atomic E-state index is 0.123. The van der Waals surface area contributed by atoms with Gasteiger partial charge in [0.2, 0.25) is 11.6 Å². The van der Waals surface area contributed by atoms with Crippen LogP contribution in [0, 0.1) is 6.92 Å². The molecule has 0 spiro atoms. The molecule has 0 radical (unpaired) electrons. The first-order chi connectivity index (χ1) is 10.9. The number of Topliss-reactive ketones (excluding diaryl/α,β-unsaturated/α-hetero) is 2. The Bertz CT molecular complexity index is 794. The highest BCUT2D eigenvalue weighted by Crippen LogP contribution is 2.27. The van der Waals surface area contributed by atoms with Crippen LogP contribution in [-0.2, 0) is 0 Å². The molecule has 2 aromatic carbocycles. The number of hydrazine groups is 1. The third kappa shape index (κ3) is 2.44. The van der Waals surface area contributed by atoms with Crippen LogP contribution in [0.25, 0.3) is 0 Å². The molecule has 0 aromatic heterocycles. The van der Waals surface area contributed by atoms with Gasteiger partial charge in [-0.25, -0.2) is 0 Å². The molecule has 2 aromatic rings. The smallest absolute Gasteiger partial charge is 0.265 e. The molecule has 6 heteroatoms. The van der Waals surface area contributed by atoms with Crippen molar-refractivity contribution in [1.29, 1.82) is 0 Å². The largest absolute Gasteiger partial charge is 0.361 e. The summed E-state index contributed by atoms with van der Waals surface area (Å²) >= 11 is 0. The summed E-state index contributed by atoms with van der Waals surface area (Å²) in [4.78, 5) is 36.6. The van der Waals surface area contributed by atoms with Gasteiger partial charge >= 0.3 is 0 Å². The van der Waals surface area contributed by atoms with E-state index in [4.69, 9.17) is 0 Å². The maximum atomic E-state index is 12.2. The van der Waals surface area contributed by atoms with Crippen molar-refractivity contribution in [2.24, 2.45) is 0 Å². The van der Waals surface area contributed by atoms with Gasteiger partial charge in [0.15, 0.2) is 0 Å². The standard InChI is InChI=1S/C17H14N2O4/c1-10-5-4-6-11(9-10)16(22)18-19-17(23)14(20)12-7-2-3-8-13(12)15(17)21/h2-9,19,23H,1H3,(H,18,22). The van der Waals surface area contributed by atoms with E-state index < -0.39 is 23.2 Å². The summed E-state index contributed by atoms with van der Waals surface area (Å²) in [6.45, 7) is 1.83. The van der Waals surface area contributed by atoms with E-state index in [0.717, 1.165) is 5.56 Å².